The SMILES string of the molecule is Cn1cnc2c(OCc3cc([N+](=O)[O-])cc([N+](=O)[O-])c3)nccc21. The molecule has 1 aromatic carbocycles. The minimum absolute atomic E-state index is 0.106. The molecule has 0 aliphatic carbocycles. The first-order chi connectivity index (χ1) is 11.5. The van der Waals surface area contributed by atoms with Crippen LogP contribution >= 0.6 is 0 Å². The first-order valence-electron chi connectivity index (χ1n) is 6.77. The predicted octanol–water partition coefficient (Wildman–Crippen LogP) is 2.36. The zero-order valence-corrected chi connectivity index (χ0v) is 12.4. The summed E-state index contributed by atoms with van der Waals surface area (Å²) in [7, 11) is 1.82. The number of nitro groups is 2. The van der Waals surface area contributed by atoms with Crippen LogP contribution in [0.3, 0.4) is 0 Å². The van der Waals surface area contributed by atoms with E-state index in [1.807, 2.05) is 7.05 Å². The number of aryl methyl sites for hydroxylation is 1. The number of nitrogens with zero attached hydrogens (tertiary/aromatic N) is 5. The van der Waals surface area contributed by atoms with Gasteiger partial charge in [-0.15, -0.1) is 0 Å². The van der Waals surface area contributed by atoms with E-state index < -0.39 is 9.85 Å². The summed E-state index contributed by atoms with van der Waals surface area (Å²) >= 11 is 0. The van der Waals surface area contributed by atoms with Gasteiger partial charge in [0.05, 0.1) is 27.8 Å². The average molecular weight is 329 g/mol. The number of ether oxygens (including phenoxy) is 1. The van der Waals surface area contributed by atoms with Crippen LogP contribution < -0.4 is 4.74 Å². The van der Waals surface area contributed by atoms with E-state index in [-0.39, 0.29) is 23.9 Å². The van der Waals surface area contributed by atoms with Crippen molar-refractivity contribution in [2.75, 3.05) is 0 Å². The Morgan fingerprint density at radius 3 is 2.42 bits per heavy atom. The second-order valence-electron chi connectivity index (χ2n) is 5.00. The Balaban J connectivity index is 1.90. The van der Waals surface area contributed by atoms with Crippen LogP contribution in [0.15, 0.2) is 36.8 Å². The highest BCUT2D eigenvalue weighted by molar-refractivity contribution is 5.79. The van der Waals surface area contributed by atoms with Gasteiger partial charge in [0.2, 0.25) is 5.88 Å². The number of hydrogen-bond donors (Lipinski definition) is 0. The quantitative estimate of drug-likeness (QED) is 0.519. The van der Waals surface area contributed by atoms with Crippen LogP contribution in [0.1, 0.15) is 5.56 Å². The normalized spacial score (nSPS) is 10.7. The molecule has 10 heteroatoms. The van der Waals surface area contributed by atoms with Crippen molar-refractivity contribution in [3.63, 3.8) is 0 Å². The second-order valence-corrected chi connectivity index (χ2v) is 5.00. The number of nitro benzene ring substituents is 2. The van der Waals surface area contributed by atoms with E-state index in [4.69, 9.17) is 4.74 Å². The first kappa shape index (κ1) is 15.3. The third-order valence-corrected chi connectivity index (χ3v) is 3.37. The molecule has 0 saturated carbocycles. The molecule has 0 aliphatic heterocycles. The third-order valence-electron chi connectivity index (χ3n) is 3.37. The van der Waals surface area contributed by atoms with Crippen molar-refractivity contribution in [3.05, 3.63) is 62.6 Å². The largest absolute Gasteiger partial charge is 0.471 e. The second kappa shape index (κ2) is 5.91. The van der Waals surface area contributed by atoms with Gasteiger partial charge in [-0.25, -0.2) is 9.97 Å². The zero-order valence-electron chi connectivity index (χ0n) is 12.4. The predicted molar refractivity (Wildman–Crippen MR) is 82.6 cm³/mol. The number of benzene rings is 1. The van der Waals surface area contributed by atoms with Gasteiger partial charge in [0.1, 0.15) is 6.61 Å². The van der Waals surface area contributed by atoms with Crippen LogP contribution in [-0.2, 0) is 13.7 Å². The molecular weight excluding hydrogens is 318 g/mol. The highest BCUT2D eigenvalue weighted by Gasteiger charge is 2.17. The summed E-state index contributed by atoms with van der Waals surface area (Å²) in [6.07, 6.45) is 3.16. The molecule has 122 valence electrons. The van der Waals surface area contributed by atoms with Gasteiger partial charge >= 0.3 is 0 Å². The van der Waals surface area contributed by atoms with Crippen LogP contribution in [0, 0.1) is 20.2 Å². The number of imidazole rings is 1. The molecule has 0 fully saturated rings. The molecule has 0 N–H and O–H groups in total. The van der Waals surface area contributed by atoms with Gasteiger partial charge < -0.3 is 9.30 Å². The Morgan fingerprint density at radius 2 is 1.79 bits per heavy atom. The number of non-ortho nitro benzene ring substituents is 2. The molecule has 10 nitrogen and oxygen atoms in total. The van der Waals surface area contributed by atoms with Crippen molar-refractivity contribution in [1.82, 2.24) is 14.5 Å². The maximum Gasteiger partial charge on any atom is 0.276 e. The van der Waals surface area contributed by atoms with Gasteiger partial charge in [-0.05, 0) is 6.07 Å². The topological polar surface area (TPSA) is 126 Å². The van der Waals surface area contributed by atoms with Gasteiger partial charge in [0.25, 0.3) is 11.4 Å². The highest BCUT2D eigenvalue weighted by Crippen LogP contribution is 2.25. The summed E-state index contributed by atoms with van der Waals surface area (Å²) in [4.78, 5) is 28.7. The fraction of sp³-hybridized carbons (Fsp3) is 0.143. The minimum atomic E-state index is -0.686. The lowest BCUT2D eigenvalue weighted by Crippen LogP contribution is -2.01. The van der Waals surface area contributed by atoms with E-state index in [2.05, 4.69) is 9.97 Å². The fourth-order valence-electron chi connectivity index (χ4n) is 2.25. The first-order valence-corrected chi connectivity index (χ1v) is 6.77. The number of pyridine rings is 1. The van der Waals surface area contributed by atoms with Crippen LogP contribution in [-0.4, -0.2) is 24.4 Å². The molecule has 24 heavy (non-hydrogen) atoms. The molecule has 0 bridgehead atoms. The Morgan fingerprint density at radius 1 is 1.12 bits per heavy atom. The monoisotopic (exact) mass is 329 g/mol. The molecular formula is C14H11N5O5. The van der Waals surface area contributed by atoms with Crippen molar-refractivity contribution < 1.29 is 14.6 Å². The van der Waals surface area contributed by atoms with Crippen molar-refractivity contribution >= 4 is 22.4 Å². The molecule has 2 heterocycles. The Labute approximate surface area is 134 Å². The summed E-state index contributed by atoms with van der Waals surface area (Å²) in [5, 5.41) is 21.8. The Kier molecular flexibility index (Phi) is 3.78. The van der Waals surface area contributed by atoms with Gasteiger partial charge in [-0.1, -0.05) is 0 Å². The molecule has 3 rings (SSSR count). The molecule has 0 radical (unpaired) electrons. The third kappa shape index (κ3) is 2.84. The number of fused-ring (bicyclic) bond motifs is 1. The van der Waals surface area contributed by atoms with Gasteiger partial charge in [0, 0.05) is 30.9 Å². The summed E-state index contributed by atoms with van der Waals surface area (Å²) in [6, 6.07) is 5.13. The standard InChI is InChI=1S/C14H11N5O5/c1-17-8-16-13-12(17)2-3-15-14(13)24-7-9-4-10(18(20)21)6-11(5-9)19(22)23/h2-6,8H,7H2,1H3. The number of aromatic nitrogens is 3. The molecule has 0 spiro atoms. The lowest BCUT2D eigenvalue weighted by Gasteiger charge is -2.06. The molecule has 2 aromatic heterocycles. The average Bonchev–Trinajstić information content (AvgIpc) is 2.94. The number of hydrogen-bond acceptors (Lipinski definition) is 7. The molecule has 0 aliphatic rings. The van der Waals surface area contributed by atoms with Crippen molar-refractivity contribution in [2.24, 2.45) is 7.05 Å². The summed E-state index contributed by atoms with van der Waals surface area (Å²) in [5.41, 5.74) is 0.911. The number of rotatable bonds is 5. The molecule has 0 atom stereocenters. The van der Waals surface area contributed by atoms with E-state index in [0.29, 0.717) is 11.1 Å². The molecule has 3 aromatic rings. The maximum absolute atomic E-state index is 10.9. The molecule has 0 saturated heterocycles. The van der Waals surface area contributed by atoms with Crippen LogP contribution in [0.5, 0.6) is 5.88 Å². The lowest BCUT2D eigenvalue weighted by atomic mass is 10.2. The summed E-state index contributed by atoms with van der Waals surface area (Å²) in [6.45, 7) is -0.106. The van der Waals surface area contributed by atoms with E-state index in [1.54, 1.807) is 23.2 Å². The maximum atomic E-state index is 10.9. The van der Waals surface area contributed by atoms with Gasteiger partial charge in [0.15, 0.2) is 5.52 Å². The minimum Gasteiger partial charge on any atom is -0.471 e. The van der Waals surface area contributed by atoms with Crippen LogP contribution in [0.2, 0.25) is 0 Å². The van der Waals surface area contributed by atoms with Gasteiger partial charge in [-0.2, -0.15) is 0 Å². The van der Waals surface area contributed by atoms with E-state index >= 15 is 0 Å². The van der Waals surface area contributed by atoms with Crippen molar-refractivity contribution in [2.45, 2.75) is 6.61 Å². The highest BCUT2D eigenvalue weighted by atomic mass is 16.6. The van der Waals surface area contributed by atoms with Crippen molar-refractivity contribution in [3.8, 4) is 5.88 Å². The Bertz CT molecular complexity index is 920. The lowest BCUT2D eigenvalue weighted by molar-refractivity contribution is -0.394. The van der Waals surface area contributed by atoms with E-state index in [0.717, 1.165) is 11.6 Å². The van der Waals surface area contributed by atoms with Gasteiger partial charge in [-0.3, -0.25) is 20.2 Å². The Hall–Kier alpha value is -3.56. The van der Waals surface area contributed by atoms with E-state index in [1.165, 1.54) is 12.1 Å². The summed E-state index contributed by atoms with van der Waals surface area (Å²) in [5.74, 6) is 0.252. The van der Waals surface area contributed by atoms with Crippen molar-refractivity contribution in [1.29, 1.82) is 0 Å². The van der Waals surface area contributed by atoms with Crippen LogP contribution in [0.25, 0.3) is 11.0 Å². The molecule has 0 unspecified atom stereocenters. The summed E-state index contributed by atoms with van der Waals surface area (Å²) < 4.78 is 7.35. The van der Waals surface area contributed by atoms with E-state index in [9.17, 15) is 20.2 Å². The zero-order chi connectivity index (χ0) is 17.3. The molecule has 0 amide bonds. The van der Waals surface area contributed by atoms with Crippen LogP contribution in [0.4, 0.5) is 11.4 Å². The fourth-order valence-corrected chi connectivity index (χ4v) is 2.25. The smallest absolute Gasteiger partial charge is 0.276 e.